The zero-order valence-electron chi connectivity index (χ0n) is 39.6. The van der Waals surface area contributed by atoms with Crippen LogP contribution in [0.3, 0.4) is 0 Å². The van der Waals surface area contributed by atoms with Gasteiger partial charge in [-0.25, -0.2) is 0 Å². The van der Waals surface area contributed by atoms with Gasteiger partial charge < -0.3 is 61.6 Å². The van der Waals surface area contributed by atoms with Crippen molar-refractivity contribution in [2.75, 3.05) is 93.5 Å². The summed E-state index contributed by atoms with van der Waals surface area (Å²) in [6, 6.07) is 57.5. The van der Waals surface area contributed by atoms with E-state index in [9.17, 15) is 0 Å². The second kappa shape index (κ2) is 31.8. The van der Waals surface area contributed by atoms with E-state index in [1.165, 1.54) is 0 Å². The molecule has 13 nitrogen and oxygen atoms in total. The van der Waals surface area contributed by atoms with Crippen LogP contribution in [0.2, 0.25) is 0 Å². The average molecular weight is 947 g/mol. The lowest BCUT2D eigenvalue weighted by molar-refractivity contribution is -0.134. The van der Waals surface area contributed by atoms with Gasteiger partial charge >= 0.3 is 0 Å². The summed E-state index contributed by atoms with van der Waals surface area (Å²) in [6.45, 7) is 2.52. The molecule has 6 aromatic carbocycles. The van der Waals surface area contributed by atoms with Crippen molar-refractivity contribution in [3.05, 3.63) is 182 Å². The van der Waals surface area contributed by atoms with Gasteiger partial charge in [0.05, 0.1) is 39.6 Å². The van der Waals surface area contributed by atoms with Gasteiger partial charge in [-0.1, -0.05) is 109 Å². The van der Waals surface area contributed by atoms with Gasteiger partial charge in [0.15, 0.2) is 0 Å². The molecule has 0 spiro atoms. The Kier molecular flexibility index (Phi) is 24.1. The van der Waals surface area contributed by atoms with E-state index in [1.807, 2.05) is 182 Å². The Labute approximate surface area is 406 Å². The molecule has 5 atom stereocenters. The first kappa shape index (κ1) is 52.2. The second-order valence-corrected chi connectivity index (χ2v) is 15.8. The first-order chi connectivity index (χ1) is 34.1. The van der Waals surface area contributed by atoms with E-state index in [-0.39, 0.29) is 78.8 Å². The molecule has 0 amide bonds. The minimum Gasteiger partial charge on any atom is -0.491 e. The Morgan fingerprint density at radius 3 is 0.609 bits per heavy atom. The van der Waals surface area contributed by atoms with E-state index in [1.54, 1.807) is 14.2 Å². The zero-order chi connectivity index (χ0) is 47.8. The highest BCUT2D eigenvalue weighted by atomic mass is 16.6. The van der Waals surface area contributed by atoms with Crippen LogP contribution in [0.1, 0.15) is 0 Å². The number of methoxy groups -OCH3 is 2. The molecule has 0 bridgehead atoms. The molecule has 0 N–H and O–H groups in total. The molecule has 0 aliphatic heterocycles. The number of hydrogen-bond acceptors (Lipinski definition) is 13. The van der Waals surface area contributed by atoms with Crippen molar-refractivity contribution < 1.29 is 61.6 Å². The van der Waals surface area contributed by atoms with Crippen LogP contribution >= 0.6 is 0 Å². The summed E-state index contributed by atoms with van der Waals surface area (Å²) in [5.74, 6) is 4.27. The quantitative estimate of drug-likeness (QED) is 0.0373. The van der Waals surface area contributed by atoms with Crippen LogP contribution < -0.4 is 28.4 Å². The first-order valence-corrected chi connectivity index (χ1v) is 23.3. The Morgan fingerprint density at radius 2 is 0.420 bits per heavy atom. The van der Waals surface area contributed by atoms with Gasteiger partial charge in [-0.3, -0.25) is 0 Å². The van der Waals surface area contributed by atoms with Crippen molar-refractivity contribution in [2.24, 2.45) is 0 Å². The molecular formula is C56H66O13. The van der Waals surface area contributed by atoms with Crippen molar-refractivity contribution in [1.82, 2.24) is 0 Å². The number of ether oxygens (including phenoxy) is 13. The molecule has 0 saturated carbocycles. The Morgan fingerprint density at radius 1 is 0.232 bits per heavy atom. The van der Waals surface area contributed by atoms with Gasteiger partial charge in [0.2, 0.25) is 0 Å². The number of hydrogen-bond donors (Lipinski definition) is 0. The van der Waals surface area contributed by atoms with Crippen molar-refractivity contribution in [3.63, 3.8) is 0 Å². The maximum Gasteiger partial charge on any atom is 0.125 e. The van der Waals surface area contributed by atoms with Crippen LogP contribution in [0.25, 0.3) is 0 Å². The highest BCUT2D eigenvalue weighted by molar-refractivity contribution is 5.24. The predicted octanol–water partition coefficient (Wildman–Crippen LogP) is 9.05. The molecule has 69 heavy (non-hydrogen) atoms. The molecule has 0 heterocycles. The smallest absolute Gasteiger partial charge is 0.125 e. The Balaban J connectivity index is 1.15. The average Bonchev–Trinajstić information content (AvgIpc) is 3.41. The summed E-state index contributed by atoms with van der Waals surface area (Å²) in [5.41, 5.74) is 0. The van der Waals surface area contributed by atoms with Crippen LogP contribution in [0.4, 0.5) is 0 Å². The fourth-order valence-corrected chi connectivity index (χ4v) is 6.54. The van der Waals surface area contributed by atoms with E-state index in [2.05, 4.69) is 0 Å². The summed E-state index contributed by atoms with van der Waals surface area (Å²) in [7, 11) is 3.25. The molecule has 6 aromatic rings. The van der Waals surface area contributed by atoms with Gasteiger partial charge in [-0.05, 0) is 72.8 Å². The monoisotopic (exact) mass is 946 g/mol. The van der Waals surface area contributed by atoms with Crippen molar-refractivity contribution in [1.29, 1.82) is 0 Å². The van der Waals surface area contributed by atoms with E-state index in [0.717, 1.165) is 11.5 Å². The predicted molar refractivity (Wildman–Crippen MR) is 263 cm³/mol. The third kappa shape index (κ3) is 21.4. The standard InChI is InChI=1S/C56H66O13/c1-57-33-51(58-2)34-65-53(37-61-47-25-13-5-14-26-47)41-67-55(39-63-49-29-17-7-18-30-49)43-69-56(40-64-50-31-19-8-20-32-50)44-68-54(38-62-48-27-15-6-16-28-48)42-66-52(35-59-45-21-9-3-10-22-45)36-60-46-23-11-4-12-24-46/h3-32,51-56H,33-44H2,1-2H3. The van der Waals surface area contributed by atoms with Crippen molar-refractivity contribution >= 4 is 0 Å². The second-order valence-electron chi connectivity index (χ2n) is 15.8. The van der Waals surface area contributed by atoms with Crippen LogP contribution in [0.15, 0.2) is 182 Å². The van der Waals surface area contributed by atoms with Gasteiger partial charge in [0.25, 0.3) is 0 Å². The van der Waals surface area contributed by atoms with Gasteiger partial charge in [0, 0.05) is 14.2 Å². The molecular weight excluding hydrogens is 881 g/mol. The molecule has 0 aliphatic rings. The lowest BCUT2D eigenvalue weighted by Crippen LogP contribution is -2.39. The van der Waals surface area contributed by atoms with E-state index in [4.69, 9.17) is 61.6 Å². The molecule has 0 aliphatic carbocycles. The number of para-hydroxylation sites is 6. The molecule has 368 valence electrons. The largest absolute Gasteiger partial charge is 0.491 e. The normalized spacial score (nSPS) is 13.4. The van der Waals surface area contributed by atoms with E-state index < -0.39 is 30.5 Å². The first-order valence-electron chi connectivity index (χ1n) is 23.3. The summed E-state index contributed by atoms with van der Waals surface area (Å²) >= 11 is 0. The van der Waals surface area contributed by atoms with Gasteiger partial charge in [-0.15, -0.1) is 0 Å². The molecule has 0 saturated heterocycles. The molecule has 6 rings (SSSR count). The fraction of sp³-hybridized carbons (Fsp3) is 0.357. The minimum absolute atomic E-state index is 0.130. The molecule has 13 heteroatoms. The van der Waals surface area contributed by atoms with Crippen molar-refractivity contribution in [2.45, 2.75) is 36.6 Å². The maximum atomic E-state index is 6.65. The Hall–Kier alpha value is -6.16. The molecule has 5 unspecified atom stereocenters. The minimum atomic E-state index is -0.559. The summed E-state index contributed by atoms with van der Waals surface area (Å²) in [6.07, 6.45) is -2.83. The summed E-state index contributed by atoms with van der Waals surface area (Å²) < 4.78 is 80.7. The van der Waals surface area contributed by atoms with E-state index in [0.29, 0.717) is 29.6 Å². The number of rotatable bonds is 36. The topological polar surface area (TPSA) is 120 Å². The zero-order valence-corrected chi connectivity index (χ0v) is 39.6. The SMILES string of the molecule is COCC(COC(COc1ccccc1)COC(COc1ccccc1)COC(COc1ccccc1)COC(COc1ccccc1)COC(COc1ccccc1)COc1ccccc1)OC. The van der Waals surface area contributed by atoms with Gasteiger partial charge in [0.1, 0.15) is 111 Å². The van der Waals surface area contributed by atoms with Crippen LogP contribution in [0.5, 0.6) is 34.5 Å². The third-order valence-electron chi connectivity index (χ3n) is 10.3. The van der Waals surface area contributed by atoms with Gasteiger partial charge in [-0.2, -0.15) is 0 Å². The lowest BCUT2D eigenvalue weighted by Gasteiger charge is -2.27. The maximum absolute atomic E-state index is 6.65. The van der Waals surface area contributed by atoms with E-state index >= 15 is 0 Å². The number of benzene rings is 6. The lowest BCUT2D eigenvalue weighted by atomic mass is 10.3. The Bertz CT molecular complexity index is 2100. The van der Waals surface area contributed by atoms with Crippen LogP contribution in [-0.4, -0.2) is 130 Å². The summed E-state index contributed by atoms with van der Waals surface area (Å²) in [4.78, 5) is 0. The highest BCUT2D eigenvalue weighted by Crippen LogP contribution is 2.17. The van der Waals surface area contributed by atoms with Crippen molar-refractivity contribution in [3.8, 4) is 34.5 Å². The highest BCUT2D eigenvalue weighted by Gasteiger charge is 2.24. The molecule has 0 radical (unpaired) electrons. The fourth-order valence-electron chi connectivity index (χ4n) is 6.54. The third-order valence-corrected chi connectivity index (χ3v) is 10.3. The molecule has 0 fully saturated rings. The van der Waals surface area contributed by atoms with Crippen LogP contribution in [-0.2, 0) is 33.2 Å². The summed E-state index contributed by atoms with van der Waals surface area (Å²) in [5, 5.41) is 0. The molecule has 0 aromatic heterocycles. The van der Waals surface area contributed by atoms with Crippen LogP contribution in [0, 0.1) is 0 Å².